The molecule has 52 valence electrons. The first-order chi connectivity index (χ1) is 3.15. The Morgan fingerprint density at radius 2 is 1.88 bits per heavy atom. The van der Waals surface area contributed by atoms with E-state index in [1.54, 1.807) is 0 Å². The van der Waals surface area contributed by atoms with E-state index in [1.165, 1.54) is 0 Å². The third-order valence-corrected chi connectivity index (χ3v) is 0. The second-order valence-corrected chi connectivity index (χ2v) is 0.866. The number of carbonyl (C=O) groups excluding carboxylic acids is 1. The molecule has 0 atom stereocenters. The van der Waals surface area contributed by atoms with Crippen molar-refractivity contribution in [2.75, 3.05) is 0 Å². The number of aliphatic carboxylic acids is 1. The van der Waals surface area contributed by atoms with Crippen molar-refractivity contribution in [3.8, 4) is 0 Å². The van der Waals surface area contributed by atoms with Crippen molar-refractivity contribution in [2.45, 2.75) is 14.4 Å². The van der Waals surface area contributed by atoms with Gasteiger partial charge in [0.2, 0.25) is 0 Å². The summed E-state index contributed by atoms with van der Waals surface area (Å²) in [6.45, 7) is 0.972. The molecule has 0 aromatic heterocycles. The number of carboxylic acid groups (broad SMARTS) is 1. The van der Waals surface area contributed by atoms with Gasteiger partial charge in [-0.3, -0.25) is 0 Å². The van der Waals surface area contributed by atoms with Crippen LogP contribution in [0.1, 0.15) is 14.4 Å². The Morgan fingerprint density at radius 1 is 1.88 bits per heavy atom. The van der Waals surface area contributed by atoms with Crippen LogP contribution in [0.25, 0.3) is 5.53 Å². The van der Waals surface area contributed by atoms with Crippen LogP contribution in [-0.2, 0) is 23.8 Å². The van der Waals surface area contributed by atoms with Gasteiger partial charge in [0, 0.05) is 5.97 Å². The summed E-state index contributed by atoms with van der Waals surface area (Å²) in [6.07, 6.45) is 0. The minimum absolute atomic E-state index is 0. The van der Waals surface area contributed by atoms with E-state index in [9.17, 15) is 0 Å². The molecular formula is C3H7N2O2Pd-. The zero-order valence-corrected chi connectivity index (χ0v) is 5.08. The summed E-state index contributed by atoms with van der Waals surface area (Å²) in [7, 11) is 0. The van der Waals surface area contributed by atoms with Crippen LogP contribution < -0.4 is 8.48 Å². The molecule has 0 saturated heterocycles. The molecule has 8 heavy (non-hydrogen) atoms. The zero-order chi connectivity index (χ0) is 6.28. The van der Waals surface area contributed by atoms with Gasteiger partial charge in [-0.15, -0.1) is 0 Å². The summed E-state index contributed by atoms with van der Waals surface area (Å²) in [4.78, 5) is 8.89. The van der Waals surface area contributed by atoms with Crippen LogP contribution in [0.15, 0.2) is 0 Å². The third-order valence-electron chi connectivity index (χ3n) is 0. The van der Waals surface area contributed by atoms with Crippen molar-refractivity contribution in [3.63, 3.8) is 0 Å². The van der Waals surface area contributed by atoms with Crippen molar-refractivity contribution in [2.24, 2.45) is 0 Å². The summed E-state index contributed by atoms with van der Waals surface area (Å²) in [6, 6.07) is 0. The SMILES string of the molecule is C.CC(=O)[O-].[N-]=[N+]=[Pd]. The molecule has 0 aromatic rings. The normalized spacial score (nSPS) is 4.38. The van der Waals surface area contributed by atoms with Crippen LogP contribution in [0.2, 0.25) is 0 Å². The van der Waals surface area contributed by atoms with Crippen LogP contribution in [-0.4, -0.2) is 5.97 Å². The standard InChI is InChI=1S/C2H4O2.CH4.N2.Pd/c1-2(3)4;;1-2;/h1H3,(H,3,4);1H4;;/p-1. The van der Waals surface area contributed by atoms with Gasteiger partial charge in [-0.25, -0.2) is 0 Å². The van der Waals surface area contributed by atoms with Crippen molar-refractivity contribution in [3.05, 3.63) is 5.53 Å². The Labute approximate surface area is 58.7 Å². The van der Waals surface area contributed by atoms with Gasteiger partial charge >= 0.3 is 27.9 Å². The first-order valence-corrected chi connectivity index (χ1v) is 1.94. The van der Waals surface area contributed by atoms with E-state index in [1.807, 2.05) is 0 Å². The average molecular weight is 210 g/mol. The monoisotopic (exact) mass is 209 g/mol. The summed E-state index contributed by atoms with van der Waals surface area (Å²) in [5.74, 6) is -1.08. The van der Waals surface area contributed by atoms with Gasteiger partial charge in [0.1, 0.15) is 0 Å². The number of rotatable bonds is 0. The van der Waals surface area contributed by atoms with E-state index in [2.05, 4.69) is 22.4 Å². The summed E-state index contributed by atoms with van der Waals surface area (Å²) in [5.41, 5.74) is 7.13. The molecule has 0 spiro atoms. The topological polar surface area (TPSA) is 76.5 Å². The predicted molar refractivity (Wildman–Crippen MR) is 22.9 cm³/mol. The fourth-order valence-electron chi connectivity index (χ4n) is 0. The summed E-state index contributed by atoms with van der Waals surface area (Å²) >= 11 is 2.12. The molecule has 0 amide bonds. The van der Waals surface area contributed by atoms with E-state index < -0.39 is 5.97 Å². The second-order valence-electron chi connectivity index (χ2n) is 0.555. The molecule has 0 rings (SSSR count). The predicted octanol–water partition coefficient (Wildman–Crippen LogP) is -0.802. The molecule has 0 aromatic carbocycles. The molecule has 4 nitrogen and oxygen atoms in total. The minimum atomic E-state index is -1.08. The third kappa shape index (κ3) is 951. The molecule has 0 unspecified atom stereocenters. The van der Waals surface area contributed by atoms with Gasteiger partial charge in [0.25, 0.3) is 0 Å². The van der Waals surface area contributed by atoms with Crippen LogP contribution in [0.5, 0.6) is 0 Å². The Kier molecular flexibility index (Phi) is 31.2. The zero-order valence-electron chi connectivity index (χ0n) is 3.53. The number of nitrogens with zero attached hydrogens (tertiary/aromatic N) is 2. The molecule has 0 fully saturated rings. The summed E-state index contributed by atoms with van der Waals surface area (Å²) in [5, 5.41) is 8.89. The van der Waals surface area contributed by atoms with E-state index in [4.69, 9.17) is 15.4 Å². The quantitative estimate of drug-likeness (QED) is 0.297. The van der Waals surface area contributed by atoms with Crippen molar-refractivity contribution in [1.82, 2.24) is 3.37 Å². The van der Waals surface area contributed by atoms with Crippen molar-refractivity contribution < 1.29 is 28.9 Å². The molecule has 0 radical (unpaired) electrons. The Hall–Kier alpha value is -0.358. The number of hydrogen-bond donors (Lipinski definition) is 0. The van der Waals surface area contributed by atoms with Crippen LogP contribution in [0.3, 0.4) is 0 Å². The molecule has 0 bridgehead atoms. The van der Waals surface area contributed by atoms with Gasteiger partial charge in [-0.2, -0.15) is 0 Å². The molecule has 0 aliphatic rings. The number of carboxylic acids is 1. The van der Waals surface area contributed by atoms with Crippen molar-refractivity contribution >= 4 is 5.97 Å². The van der Waals surface area contributed by atoms with Gasteiger partial charge in [-0.05, 0) is 6.92 Å². The number of carbonyl (C=O) groups is 1. The second kappa shape index (κ2) is 15.9. The van der Waals surface area contributed by atoms with Crippen molar-refractivity contribution in [1.29, 1.82) is 0 Å². The molecule has 0 saturated carbocycles. The fourth-order valence-corrected chi connectivity index (χ4v) is 0. The Balaban J connectivity index is -0.0000000575. The first-order valence-electron chi connectivity index (χ1n) is 1.25. The van der Waals surface area contributed by atoms with E-state index in [0.29, 0.717) is 0 Å². The average Bonchev–Trinajstić information content (AvgIpc) is 1.33. The molecule has 0 heterocycles. The molecule has 0 N–H and O–H groups in total. The van der Waals surface area contributed by atoms with E-state index in [-0.39, 0.29) is 7.43 Å². The number of hydrogen-bond acceptors (Lipinski definition) is 2. The molecule has 0 aliphatic carbocycles. The van der Waals surface area contributed by atoms with Gasteiger partial charge in [0.15, 0.2) is 0 Å². The molecule has 5 heteroatoms. The van der Waals surface area contributed by atoms with Crippen LogP contribution in [0.4, 0.5) is 0 Å². The summed E-state index contributed by atoms with van der Waals surface area (Å²) < 4.78 is 2.35. The Bertz CT molecular complexity index is 83.3. The van der Waals surface area contributed by atoms with Gasteiger partial charge in [-0.1, -0.05) is 7.43 Å². The maximum atomic E-state index is 8.89. The fraction of sp³-hybridized carbons (Fsp3) is 0.667. The van der Waals surface area contributed by atoms with E-state index in [0.717, 1.165) is 6.92 Å². The first kappa shape index (κ1) is 15.6. The Morgan fingerprint density at radius 3 is 1.88 bits per heavy atom. The molecular weight excluding hydrogens is 202 g/mol. The van der Waals surface area contributed by atoms with E-state index >= 15 is 0 Å². The maximum absolute atomic E-state index is 8.89. The van der Waals surface area contributed by atoms with Gasteiger partial charge in [0.05, 0.1) is 0 Å². The molecule has 0 aliphatic heterocycles. The van der Waals surface area contributed by atoms with Crippen LogP contribution >= 0.6 is 0 Å². The van der Waals surface area contributed by atoms with Gasteiger partial charge < -0.3 is 9.90 Å². The van der Waals surface area contributed by atoms with Crippen LogP contribution in [0, 0.1) is 0 Å².